The van der Waals surface area contributed by atoms with Gasteiger partial charge in [-0.2, -0.15) is 0 Å². The van der Waals surface area contributed by atoms with Crippen molar-refractivity contribution in [3.05, 3.63) is 65.7 Å². The first-order chi connectivity index (χ1) is 17.0. The van der Waals surface area contributed by atoms with Gasteiger partial charge < -0.3 is 37.0 Å². The highest BCUT2D eigenvalue weighted by Crippen LogP contribution is 2.12. The third kappa shape index (κ3) is 9.43. The van der Waals surface area contributed by atoms with E-state index in [9.17, 15) is 34.2 Å². The van der Waals surface area contributed by atoms with Gasteiger partial charge in [-0.1, -0.05) is 42.5 Å². The van der Waals surface area contributed by atoms with Crippen molar-refractivity contribution in [2.45, 2.75) is 37.4 Å². The monoisotopic (exact) mass is 500 g/mol. The zero-order valence-electron chi connectivity index (χ0n) is 19.2. The zero-order chi connectivity index (χ0) is 26.7. The Morgan fingerprint density at radius 2 is 1.36 bits per heavy atom. The third-order valence-electron chi connectivity index (χ3n) is 5.08. The summed E-state index contributed by atoms with van der Waals surface area (Å²) >= 11 is 0. The van der Waals surface area contributed by atoms with E-state index < -0.39 is 60.8 Å². The molecule has 0 aliphatic rings. The first-order valence-electron chi connectivity index (χ1n) is 10.9. The quantitative estimate of drug-likeness (QED) is 0.182. The van der Waals surface area contributed by atoms with Gasteiger partial charge in [0.1, 0.15) is 17.8 Å². The largest absolute Gasteiger partial charge is 0.508 e. The highest BCUT2D eigenvalue weighted by molar-refractivity contribution is 5.93. The van der Waals surface area contributed by atoms with Crippen LogP contribution in [0.25, 0.3) is 0 Å². The first kappa shape index (κ1) is 27.8. The number of amides is 3. The number of nitrogens with two attached hydrogens (primary N) is 1. The molecule has 0 bridgehead atoms. The summed E-state index contributed by atoms with van der Waals surface area (Å²) < 4.78 is 0. The van der Waals surface area contributed by atoms with Crippen molar-refractivity contribution >= 4 is 29.7 Å². The van der Waals surface area contributed by atoms with Gasteiger partial charge in [0.25, 0.3) is 0 Å². The number of phenolic OH excluding ortho intramolecular Hbond substituents is 1. The number of carbonyl (C=O) groups is 5. The summed E-state index contributed by atoms with van der Waals surface area (Å²) in [5, 5.41) is 34.9. The summed E-state index contributed by atoms with van der Waals surface area (Å²) in [5.74, 6) is -4.95. The summed E-state index contributed by atoms with van der Waals surface area (Å²) in [5.41, 5.74) is 6.70. The van der Waals surface area contributed by atoms with Crippen molar-refractivity contribution in [2.24, 2.45) is 5.73 Å². The fourth-order valence-corrected chi connectivity index (χ4v) is 3.22. The molecular weight excluding hydrogens is 472 g/mol. The summed E-state index contributed by atoms with van der Waals surface area (Å²) in [6, 6.07) is 10.7. The minimum Gasteiger partial charge on any atom is -0.508 e. The second kappa shape index (κ2) is 13.4. The predicted octanol–water partition coefficient (Wildman–Crippen LogP) is -0.850. The van der Waals surface area contributed by atoms with E-state index in [0.29, 0.717) is 11.1 Å². The number of rotatable bonds is 13. The van der Waals surface area contributed by atoms with Gasteiger partial charge in [-0.25, -0.2) is 4.79 Å². The number of carboxylic acids is 2. The van der Waals surface area contributed by atoms with Crippen LogP contribution in [0, 0.1) is 0 Å². The molecule has 2 aromatic rings. The molecule has 3 unspecified atom stereocenters. The molecule has 12 nitrogen and oxygen atoms in total. The molecule has 0 heterocycles. The maximum absolute atomic E-state index is 13.0. The van der Waals surface area contributed by atoms with Gasteiger partial charge in [0, 0.05) is 12.8 Å². The highest BCUT2D eigenvalue weighted by atomic mass is 16.4. The normalized spacial score (nSPS) is 13.0. The van der Waals surface area contributed by atoms with Gasteiger partial charge in [-0.15, -0.1) is 0 Å². The van der Waals surface area contributed by atoms with Gasteiger partial charge in [0.2, 0.25) is 17.7 Å². The van der Waals surface area contributed by atoms with Crippen molar-refractivity contribution in [1.82, 2.24) is 16.0 Å². The number of aliphatic carboxylic acids is 2. The smallest absolute Gasteiger partial charge is 0.326 e. The molecule has 0 aliphatic heterocycles. The first-order valence-corrected chi connectivity index (χ1v) is 10.9. The Hall–Kier alpha value is -4.45. The van der Waals surface area contributed by atoms with Crippen molar-refractivity contribution in [1.29, 1.82) is 0 Å². The van der Waals surface area contributed by atoms with Crippen LogP contribution in [0.1, 0.15) is 17.5 Å². The number of phenols is 1. The summed E-state index contributed by atoms with van der Waals surface area (Å²) in [7, 11) is 0. The van der Waals surface area contributed by atoms with Crippen LogP contribution in [0.4, 0.5) is 0 Å². The molecule has 0 fully saturated rings. The van der Waals surface area contributed by atoms with Crippen LogP contribution in [-0.4, -0.2) is 69.7 Å². The molecule has 192 valence electrons. The van der Waals surface area contributed by atoms with Gasteiger partial charge in [-0.3, -0.25) is 19.2 Å². The van der Waals surface area contributed by atoms with Crippen LogP contribution in [0.3, 0.4) is 0 Å². The molecule has 12 heteroatoms. The number of benzene rings is 2. The molecule has 2 rings (SSSR count). The molecule has 3 amide bonds. The number of nitrogens with one attached hydrogen (secondary N) is 3. The third-order valence-corrected chi connectivity index (χ3v) is 5.08. The van der Waals surface area contributed by atoms with Gasteiger partial charge in [0.15, 0.2) is 0 Å². The molecule has 0 radical (unpaired) electrons. The molecule has 2 aromatic carbocycles. The predicted molar refractivity (Wildman–Crippen MR) is 127 cm³/mol. The average molecular weight is 501 g/mol. The molecule has 0 saturated carbocycles. The van der Waals surface area contributed by atoms with Gasteiger partial charge in [-0.05, 0) is 23.3 Å². The number of hydrogen-bond acceptors (Lipinski definition) is 7. The summed E-state index contributed by atoms with van der Waals surface area (Å²) in [4.78, 5) is 59.8. The molecular formula is C24H28N4O8. The lowest BCUT2D eigenvalue weighted by molar-refractivity contribution is -0.142. The molecule has 0 aliphatic carbocycles. The lowest BCUT2D eigenvalue weighted by atomic mass is 10.0. The van der Waals surface area contributed by atoms with E-state index >= 15 is 0 Å². The van der Waals surface area contributed by atoms with Crippen LogP contribution in [0.5, 0.6) is 5.75 Å². The van der Waals surface area contributed by atoms with E-state index in [0.717, 1.165) is 0 Å². The van der Waals surface area contributed by atoms with Crippen molar-refractivity contribution in [3.8, 4) is 5.75 Å². The van der Waals surface area contributed by atoms with Gasteiger partial charge in [0.05, 0.1) is 19.0 Å². The van der Waals surface area contributed by atoms with Gasteiger partial charge >= 0.3 is 11.9 Å². The van der Waals surface area contributed by atoms with E-state index in [2.05, 4.69) is 16.0 Å². The van der Waals surface area contributed by atoms with Crippen molar-refractivity contribution in [3.63, 3.8) is 0 Å². The maximum atomic E-state index is 13.0. The fraction of sp³-hybridized carbons (Fsp3) is 0.292. The molecule has 0 aromatic heterocycles. The Balaban J connectivity index is 2.10. The molecule has 36 heavy (non-hydrogen) atoms. The number of aromatic hydroxyl groups is 1. The Bertz CT molecular complexity index is 1080. The molecule has 0 saturated heterocycles. The standard InChI is InChI=1S/C24H28N4O8/c25-17(12-21(31)32)22(33)26-13-20(30)27-18(10-15-6-8-16(29)9-7-15)23(34)28-19(24(35)36)11-14-4-2-1-3-5-14/h1-9,17-19,29H,10-13,25H2,(H,26,33)(H,27,30)(H,28,34)(H,31,32)(H,35,36). The fourth-order valence-electron chi connectivity index (χ4n) is 3.22. The maximum Gasteiger partial charge on any atom is 0.326 e. The van der Waals surface area contributed by atoms with E-state index in [1.807, 2.05) is 0 Å². The van der Waals surface area contributed by atoms with E-state index in [-0.39, 0.29) is 18.6 Å². The van der Waals surface area contributed by atoms with Crippen LogP contribution < -0.4 is 21.7 Å². The topological polar surface area (TPSA) is 208 Å². The number of carbonyl (C=O) groups excluding carboxylic acids is 3. The molecule has 3 atom stereocenters. The Labute approximate surface area is 206 Å². The minimum absolute atomic E-state index is 0.00185. The number of carboxylic acid groups (broad SMARTS) is 2. The zero-order valence-corrected chi connectivity index (χ0v) is 19.2. The average Bonchev–Trinajstić information content (AvgIpc) is 2.83. The Morgan fingerprint density at radius 1 is 0.778 bits per heavy atom. The van der Waals surface area contributed by atoms with Crippen LogP contribution in [0.15, 0.2) is 54.6 Å². The van der Waals surface area contributed by atoms with Crippen LogP contribution in [-0.2, 0) is 36.8 Å². The van der Waals surface area contributed by atoms with Crippen LogP contribution >= 0.6 is 0 Å². The second-order valence-corrected chi connectivity index (χ2v) is 8.00. The van der Waals surface area contributed by atoms with E-state index in [1.54, 1.807) is 30.3 Å². The Kier molecular flexibility index (Phi) is 10.4. The summed E-state index contributed by atoms with van der Waals surface area (Å²) in [6.45, 7) is -0.585. The van der Waals surface area contributed by atoms with E-state index in [4.69, 9.17) is 10.8 Å². The van der Waals surface area contributed by atoms with Crippen molar-refractivity contribution < 1.29 is 39.3 Å². The van der Waals surface area contributed by atoms with Crippen molar-refractivity contribution in [2.75, 3.05) is 6.54 Å². The highest BCUT2D eigenvalue weighted by Gasteiger charge is 2.27. The summed E-state index contributed by atoms with van der Waals surface area (Å²) in [6.07, 6.45) is -0.654. The molecule has 0 spiro atoms. The SMILES string of the molecule is NC(CC(=O)O)C(=O)NCC(=O)NC(Cc1ccc(O)cc1)C(=O)NC(Cc1ccccc1)C(=O)O. The minimum atomic E-state index is -1.36. The lowest BCUT2D eigenvalue weighted by Gasteiger charge is -2.22. The second-order valence-electron chi connectivity index (χ2n) is 8.00. The molecule has 8 N–H and O–H groups in total. The lowest BCUT2D eigenvalue weighted by Crippen LogP contribution is -2.55. The Morgan fingerprint density at radius 3 is 1.94 bits per heavy atom. The van der Waals surface area contributed by atoms with E-state index in [1.165, 1.54) is 24.3 Å². The van der Waals surface area contributed by atoms with Crippen LogP contribution in [0.2, 0.25) is 0 Å². The number of hydrogen-bond donors (Lipinski definition) is 7.